The number of nitrogens with one attached hydrogen (secondary N) is 3. The van der Waals surface area contributed by atoms with Crippen LogP contribution in [0.4, 0.5) is 17.5 Å². The van der Waals surface area contributed by atoms with Crippen LogP contribution in [0.5, 0.6) is 0 Å². The summed E-state index contributed by atoms with van der Waals surface area (Å²) in [6.45, 7) is 0. The van der Waals surface area contributed by atoms with Crippen molar-refractivity contribution in [2.24, 2.45) is 23.5 Å². The zero-order chi connectivity index (χ0) is 20.2. The number of hydrogen-bond donors (Lipinski definition) is 4. The van der Waals surface area contributed by atoms with Crippen molar-refractivity contribution in [3.8, 4) is 0 Å². The molecule has 1 aromatic carbocycles. The summed E-state index contributed by atoms with van der Waals surface area (Å²) in [6.07, 6.45) is 8.53. The van der Waals surface area contributed by atoms with E-state index in [9.17, 15) is 4.79 Å². The van der Waals surface area contributed by atoms with E-state index in [4.69, 9.17) is 10.2 Å². The van der Waals surface area contributed by atoms with Gasteiger partial charge in [-0.1, -0.05) is 12.2 Å². The van der Waals surface area contributed by atoms with Crippen LogP contribution in [0.1, 0.15) is 6.42 Å². The molecule has 0 saturated heterocycles. The monoisotopic (exact) mass is 401 g/mol. The first-order valence-corrected chi connectivity index (χ1v) is 9.85. The van der Waals surface area contributed by atoms with Crippen LogP contribution in [0, 0.1) is 17.8 Å². The number of rotatable bonds is 5. The van der Waals surface area contributed by atoms with E-state index < -0.39 is 0 Å². The summed E-state index contributed by atoms with van der Waals surface area (Å²) in [5, 5.41) is 14.7. The first-order chi connectivity index (χ1) is 14.7. The third-order valence-corrected chi connectivity index (χ3v) is 6.09. The van der Waals surface area contributed by atoms with E-state index in [0.29, 0.717) is 22.9 Å². The van der Waals surface area contributed by atoms with Crippen molar-refractivity contribution in [2.45, 2.75) is 12.5 Å². The van der Waals surface area contributed by atoms with E-state index >= 15 is 0 Å². The third-order valence-electron chi connectivity index (χ3n) is 6.09. The number of furan rings is 1. The Kier molecular flexibility index (Phi) is 3.58. The molecule has 30 heavy (non-hydrogen) atoms. The number of H-pyrrole nitrogens is 1. The smallest absolute Gasteiger partial charge is 0.229 e. The molecule has 9 nitrogen and oxygen atoms in total. The minimum Gasteiger partial charge on any atom is -0.459 e. The van der Waals surface area contributed by atoms with E-state index in [1.807, 2.05) is 18.2 Å². The van der Waals surface area contributed by atoms with Gasteiger partial charge in [-0.25, -0.2) is 4.98 Å². The van der Waals surface area contributed by atoms with Gasteiger partial charge in [-0.2, -0.15) is 10.1 Å². The van der Waals surface area contributed by atoms with Crippen molar-refractivity contribution >= 4 is 45.4 Å². The molecule has 4 unspecified atom stereocenters. The highest BCUT2D eigenvalue weighted by Gasteiger charge is 2.47. The predicted octanol–water partition coefficient (Wildman–Crippen LogP) is 2.93. The molecular weight excluding hydrogens is 382 g/mol. The van der Waals surface area contributed by atoms with E-state index in [0.717, 1.165) is 23.0 Å². The van der Waals surface area contributed by atoms with Gasteiger partial charge in [-0.05, 0) is 36.5 Å². The van der Waals surface area contributed by atoms with Gasteiger partial charge >= 0.3 is 0 Å². The number of amides is 1. The number of hydrogen-bond acceptors (Lipinski definition) is 7. The maximum atomic E-state index is 12.1. The number of aromatic nitrogens is 4. The number of aromatic amines is 1. The van der Waals surface area contributed by atoms with Crippen LogP contribution in [0.3, 0.4) is 0 Å². The summed E-state index contributed by atoms with van der Waals surface area (Å²) >= 11 is 0. The van der Waals surface area contributed by atoms with Crippen molar-refractivity contribution in [1.82, 2.24) is 20.2 Å². The average molecular weight is 401 g/mol. The van der Waals surface area contributed by atoms with E-state index in [1.165, 1.54) is 0 Å². The Balaban J connectivity index is 1.35. The molecule has 1 fully saturated rings. The fourth-order valence-corrected chi connectivity index (χ4v) is 4.73. The van der Waals surface area contributed by atoms with Crippen molar-refractivity contribution in [3.05, 3.63) is 48.9 Å². The van der Waals surface area contributed by atoms with Crippen LogP contribution in [-0.2, 0) is 4.79 Å². The molecule has 5 N–H and O–H groups in total. The van der Waals surface area contributed by atoms with Crippen LogP contribution in [0.15, 0.2) is 53.3 Å². The van der Waals surface area contributed by atoms with Crippen LogP contribution in [0.2, 0.25) is 0 Å². The number of carbonyl (C=O) groups excluding carboxylic acids is 1. The van der Waals surface area contributed by atoms with Gasteiger partial charge in [-0.15, -0.1) is 0 Å². The van der Waals surface area contributed by atoms with Crippen molar-refractivity contribution < 1.29 is 9.21 Å². The fraction of sp³-hybridized carbons (Fsp3) is 0.238. The lowest BCUT2D eigenvalue weighted by Gasteiger charge is -2.27. The Morgan fingerprint density at radius 3 is 3.00 bits per heavy atom. The highest BCUT2D eigenvalue weighted by molar-refractivity contribution is 5.87. The lowest BCUT2D eigenvalue weighted by Crippen LogP contribution is -2.41. The SMILES string of the molecule is NC(=O)C1C2C=CC(C2)C1Nc1nc(Nc2ccc3cn[nH]c3c2)nc2ccoc12. The Morgan fingerprint density at radius 1 is 1.20 bits per heavy atom. The van der Waals surface area contributed by atoms with Gasteiger partial charge in [-0.3, -0.25) is 9.89 Å². The number of carbonyl (C=O) groups is 1. The summed E-state index contributed by atoms with van der Waals surface area (Å²) in [7, 11) is 0. The molecule has 6 rings (SSSR count). The molecule has 1 saturated carbocycles. The third kappa shape index (κ3) is 2.62. The minimum atomic E-state index is -0.291. The van der Waals surface area contributed by atoms with E-state index in [-0.39, 0.29) is 29.7 Å². The maximum Gasteiger partial charge on any atom is 0.229 e. The van der Waals surface area contributed by atoms with E-state index in [2.05, 4.69) is 43.0 Å². The lowest BCUT2D eigenvalue weighted by molar-refractivity contribution is -0.122. The zero-order valence-corrected chi connectivity index (χ0v) is 15.9. The molecule has 4 atom stereocenters. The standard InChI is InChI=1S/C21H19N7O2/c22-19(29)16-10-1-2-11(7-10)17(16)26-20-18-14(5-6-30-18)25-21(27-20)24-13-4-3-12-9-23-28-15(12)8-13/h1-6,8-11,16-17H,7H2,(H2,22,29)(H,23,28)(H2,24,25,26,27). The largest absolute Gasteiger partial charge is 0.459 e. The molecule has 4 aromatic rings. The van der Waals surface area contributed by atoms with Crippen molar-refractivity contribution in [2.75, 3.05) is 10.6 Å². The topological polar surface area (TPSA) is 135 Å². The van der Waals surface area contributed by atoms with Gasteiger partial charge in [0.15, 0.2) is 11.4 Å². The first kappa shape index (κ1) is 17.0. The van der Waals surface area contributed by atoms with Crippen molar-refractivity contribution in [3.63, 3.8) is 0 Å². The Labute approximate surface area is 170 Å². The molecule has 0 radical (unpaired) electrons. The Morgan fingerprint density at radius 2 is 2.10 bits per heavy atom. The van der Waals surface area contributed by atoms with Gasteiger partial charge in [0, 0.05) is 23.2 Å². The average Bonchev–Trinajstić information content (AvgIpc) is 3.50. The second kappa shape index (κ2) is 6.31. The van der Waals surface area contributed by atoms with Gasteiger partial charge in [0.25, 0.3) is 0 Å². The summed E-state index contributed by atoms with van der Waals surface area (Å²) in [6, 6.07) is 7.53. The first-order valence-electron chi connectivity index (χ1n) is 9.85. The second-order valence-electron chi connectivity index (χ2n) is 7.87. The molecule has 2 aliphatic carbocycles. The highest BCUT2D eigenvalue weighted by atomic mass is 16.3. The second-order valence-corrected chi connectivity index (χ2v) is 7.87. The van der Waals surface area contributed by atoms with Crippen LogP contribution in [-0.4, -0.2) is 32.1 Å². The van der Waals surface area contributed by atoms with Gasteiger partial charge in [0.2, 0.25) is 11.9 Å². The number of benzene rings is 1. The number of fused-ring (bicyclic) bond motifs is 4. The molecule has 9 heteroatoms. The Hall–Kier alpha value is -3.88. The number of nitrogens with zero attached hydrogens (tertiary/aromatic N) is 3. The predicted molar refractivity (Wildman–Crippen MR) is 112 cm³/mol. The molecular formula is C21H19N7O2. The molecule has 3 aromatic heterocycles. The molecule has 1 amide bonds. The molecule has 2 bridgehead atoms. The Bertz CT molecular complexity index is 1310. The summed E-state index contributed by atoms with van der Waals surface area (Å²) in [4.78, 5) is 21.3. The normalized spacial score (nSPS) is 24.7. The van der Waals surface area contributed by atoms with Gasteiger partial charge < -0.3 is 20.8 Å². The van der Waals surface area contributed by atoms with Crippen molar-refractivity contribution in [1.29, 1.82) is 0 Å². The molecule has 0 spiro atoms. The van der Waals surface area contributed by atoms with Crippen LogP contribution >= 0.6 is 0 Å². The molecule has 2 aliphatic rings. The fourth-order valence-electron chi connectivity index (χ4n) is 4.73. The van der Waals surface area contributed by atoms with E-state index in [1.54, 1.807) is 18.5 Å². The van der Waals surface area contributed by atoms with Crippen LogP contribution < -0.4 is 16.4 Å². The zero-order valence-electron chi connectivity index (χ0n) is 15.9. The summed E-state index contributed by atoms with van der Waals surface area (Å²) in [5.74, 6) is 0.843. The molecule has 3 heterocycles. The maximum absolute atomic E-state index is 12.1. The quantitative estimate of drug-likeness (QED) is 0.378. The van der Waals surface area contributed by atoms with Gasteiger partial charge in [0.05, 0.1) is 23.9 Å². The highest BCUT2D eigenvalue weighted by Crippen LogP contribution is 2.45. The number of nitrogens with two attached hydrogens (primary N) is 1. The van der Waals surface area contributed by atoms with Crippen LogP contribution in [0.25, 0.3) is 22.0 Å². The summed E-state index contributed by atoms with van der Waals surface area (Å²) < 4.78 is 5.62. The number of anilines is 3. The molecule has 0 aliphatic heterocycles. The summed E-state index contributed by atoms with van der Waals surface area (Å²) in [5.41, 5.74) is 8.68. The lowest BCUT2D eigenvalue weighted by atomic mass is 9.88. The number of allylic oxidation sites excluding steroid dienone is 1. The molecule has 150 valence electrons. The van der Waals surface area contributed by atoms with Gasteiger partial charge in [0.1, 0.15) is 5.52 Å². The number of primary amides is 1. The minimum absolute atomic E-state index is 0.116.